The highest BCUT2D eigenvalue weighted by atomic mass is 32.1. The fourth-order valence-corrected chi connectivity index (χ4v) is 3.00. The molecule has 2 aromatic heterocycles. The predicted octanol–water partition coefficient (Wildman–Crippen LogP) is 3.28. The van der Waals surface area contributed by atoms with Crippen LogP contribution in [0.3, 0.4) is 0 Å². The molecule has 0 N–H and O–H groups in total. The van der Waals surface area contributed by atoms with Crippen LogP contribution in [-0.2, 0) is 6.54 Å². The Labute approximate surface area is 126 Å². The van der Waals surface area contributed by atoms with Crippen molar-refractivity contribution < 1.29 is 9.72 Å². The molecule has 2 heterocycles. The van der Waals surface area contributed by atoms with Crippen molar-refractivity contribution in [2.45, 2.75) is 20.4 Å². The second-order valence-corrected chi connectivity index (χ2v) is 5.48. The Bertz CT molecular complexity index is 655. The van der Waals surface area contributed by atoms with Gasteiger partial charge in [-0.05, 0) is 26.0 Å². The standard InChI is InChI=1S/C14H15N3O3S/c1-3-16(9-11-6-4-5-7-15-11)14-12(17(19)20)8-13(21-14)10(2)18/h4-8H,3,9H2,1-2H3. The summed E-state index contributed by atoms with van der Waals surface area (Å²) in [6, 6.07) is 6.92. The van der Waals surface area contributed by atoms with Gasteiger partial charge in [0.2, 0.25) is 0 Å². The van der Waals surface area contributed by atoms with Gasteiger partial charge in [-0.2, -0.15) is 0 Å². The molecular formula is C14H15N3O3S. The first-order valence-corrected chi connectivity index (χ1v) is 7.28. The van der Waals surface area contributed by atoms with Gasteiger partial charge in [-0.3, -0.25) is 19.9 Å². The van der Waals surface area contributed by atoms with Gasteiger partial charge in [0, 0.05) is 18.8 Å². The van der Waals surface area contributed by atoms with Crippen LogP contribution in [0, 0.1) is 10.1 Å². The lowest BCUT2D eigenvalue weighted by atomic mass is 10.3. The molecule has 110 valence electrons. The van der Waals surface area contributed by atoms with Gasteiger partial charge in [-0.1, -0.05) is 6.07 Å². The van der Waals surface area contributed by atoms with Crippen molar-refractivity contribution >= 4 is 27.8 Å². The lowest BCUT2D eigenvalue weighted by Crippen LogP contribution is -2.22. The first-order valence-electron chi connectivity index (χ1n) is 6.47. The number of ketones is 1. The highest BCUT2D eigenvalue weighted by molar-refractivity contribution is 7.18. The number of hydrogen-bond acceptors (Lipinski definition) is 6. The average molecular weight is 305 g/mol. The van der Waals surface area contributed by atoms with Crippen LogP contribution in [0.2, 0.25) is 0 Å². The van der Waals surface area contributed by atoms with Gasteiger partial charge in [0.25, 0.3) is 0 Å². The van der Waals surface area contributed by atoms with Crippen LogP contribution in [0.25, 0.3) is 0 Å². The van der Waals surface area contributed by atoms with Crippen molar-refractivity contribution in [2.24, 2.45) is 0 Å². The zero-order valence-electron chi connectivity index (χ0n) is 11.8. The van der Waals surface area contributed by atoms with E-state index in [2.05, 4.69) is 4.98 Å². The molecule has 0 bridgehead atoms. The van der Waals surface area contributed by atoms with Gasteiger partial charge in [-0.15, -0.1) is 11.3 Å². The number of nitrogens with zero attached hydrogens (tertiary/aromatic N) is 3. The highest BCUT2D eigenvalue weighted by Gasteiger charge is 2.25. The van der Waals surface area contributed by atoms with E-state index in [0.717, 1.165) is 17.0 Å². The molecule has 0 saturated heterocycles. The molecule has 6 nitrogen and oxygen atoms in total. The molecule has 0 fully saturated rings. The molecule has 0 unspecified atom stereocenters. The van der Waals surface area contributed by atoms with Crippen molar-refractivity contribution in [3.8, 4) is 0 Å². The van der Waals surface area contributed by atoms with E-state index in [9.17, 15) is 14.9 Å². The average Bonchev–Trinajstić information content (AvgIpc) is 2.91. The Morgan fingerprint density at radius 1 is 1.48 bits per heavy atom. The van der Waals surface area contributed by atoms with E-state index >= 15 is 0 Å². The van der Waals surface area contributed by atoms with E-state index in [-0.39, 0.29) is 11.5 Å². The molecule has 0 radical (unpaired) electrons. The van der Waals surface area contributed by atoms with E-state index in [0.29, 0.717) is 23.0 Å². The summed E-state index contributed by atoms with van der Waals surface area (Å²) in [7, 11) is 0. The zero-order chi connectivity index (χ0) is 15.4. The number of anilines is 1. The molecular weight excluding hydrogens is 290 g/mol. The minimum atomic E-state index is -0.445. The molecule has 0 aliphatic heterocycles. The summed E-state index contributed by atoms with van der Waals surface area (Å²) in [5, 5.41) is 11.7. The molecule has 0 amide bonds. The lowest BCUT2D eigenvalue weighted by molar-refractivity contribution is -0.383. The summed E-state index contributed by atoms with van der Waals surface area (Å²) in [5.74, 6) is -0.164. The maximum Gasteiger partial charge on any atom is 0.304 e. The van der Waals surface area contributed by atoms with E-state index < -0.39 is 4.92 Å². The quantitative estimate of drug-likeness (QED) is 0.465. The molecule has 7 heteroatoms. The van der Waals surface area contributed by atoms with Gasteiger partial charge >= 0.3 is 5.69 Å². The molecule has 0 atom stereocenters. The fourth-order valence-electron chi connectivity index (χ4n) is 1.92. The third-order valence-electron chi connectivity index (χ3n) is 2.99. The maximum absolute atomic E-state index is 11.5. The largest absolute Gasteiger partial charge is 0.352 e. The van der Waals surface area contributed by atoms with Gasteiger partial charge < -0.3 is 4.90 Å². The number of Topliss-reactive ketones (excluding diaryl/α,β-unsaturated/α-hetero) is 1. The Morgan fingerprint density at radius 3 is 2.76 bits per heavy atom. The summed E-state index contributed by atoms with van der Waals surface area (Å²) in [5.41, 5.74) is 0.800. The van der Waals surface area contributed by atoms with E-state index in [1.54, 1.807) is 6.20 Å². The minimum Gasteiger partial charge on any atom is -0.352 e. The topological polar surface area (TPSA) is 76.3 Å². The predicted molar refractivity (Wildman–Crippen MR) is 81.9 cm³/mol. The van der Waals surface area contributed by atoms with Crippen molar-refractivity contribution in [2.75, 3.05) is 11.4 Å². The van der Waals surface area contributed by atoms with Gasteiger partial charge in [0.15, 0.2) is 10.8 Å². The number of carbonyl (C=O) groups excluding carboxylic acids is 1. The summed E-state index contributed by atoms with van der Waals surface area (Å²) >= 11 is 1.15. The number of rotatable bonds is 6. The third kappa shape index (κ3) is 3.43. The molecule has 0 spiro atoms. The SMILES string of the molecule is CCN(Cc1ccccn1)c1sc(C(C)=O)cc1[N+](=O)[O-]. The molecule has 0 aliphatic carbocycles. The zero-order valence-corrected chi connectivity index (χ0v) is 12.6. The lowest BCUT2D eigenvalue weighted by Gasteiger charge is -2.20. The summed E-state index contributed by atoms with van der Waals surface area (Å²) in [6.45, 7) is 4.39. The number of nitro groups is 1. The van der Waals surface area contributed by atoms with Gasteiger partial charge in [0.1, 0.15) is 0 Å². The summed E-state index contributed by atoms with van der Waals surface area (Å²) < 4.78 is 0. The van der Waals surface area contributed by atoms with Crippen LogP contribution in [0.15, 0.2) is 30.5 Å². The van der Waals surface area contributed by atoms with Crippen molar-refractivity contribution in [1.82, 2.24) is 4.98 Å². The van der Waals surface area contributed by atoms with Crippen molar-refractivity contribution in [1.29, 1.82) is 0 Å². The summed E-state index contributed by atoms with van der Waals surface area (Å²) in [4.78, 5) is 28.7. The molecule has 0 aliphatic rings. The van der Waals surface area contributed by atoms with E-state index in [1.165, 1.54) is 13.0 Å². The van der Waals surface area contributed by atoms with Crippen LogP contribution in [0.5, 0.6) is 0 Å². The highest BCUT2D eigenvalue weighted by Crippen LogP contribution is 2.38. The second-order valence-electron chi connectivity index (χ2n) is 4.45. The first-order chi connectivity index (χ1) is 10.0. The van der Waals surface area contributed by atoms with E-state index in [1.807, 2.05) is 30.0 Å². The normalized spacial score (nSPS) is 10.4. The Morgan fingerprint density at radius 2 is 2.24 bits per heavy atom. The first kappa shape index (κ1) is 15.1. The monoisotopic (exact) mass is 305 g/mol. The molecule has 21 heavy (non-hydrogen) atoms. The minimum absolute atomic E-state index is 0.0250. The molecule has 2 aromatic rings. The molecule has 2 rings (SSSR count). The van der Waals surface area contributed by atoms with Crippen LogP contribution in [-0.4, -0.2) is 22.2 Å². The Kier molecular flexibility index (Phi) is 4.64. The third-order valence-corrected chi connectivity index (χ3v) is 4.27. The Balaban J connectivity index is 2.37. The smallest absolute Gasteiger partial charge is 0.304 e. The van der Waals surface area contributed by atoms with Gasteiger partial charge in [0.05, 0.1) is 22.0 Å². The number of aromatic nitrogens is 1. The van der Waals surface area contributed by atoms with Gasteiger partial charge in [-0.25, -0.2) is 0 Å². The number of hydrogen-bond donors (Lipinski definition) is 0. The maximum atomic E-state index is 11.5. The van der Waals surface area contributed by atoms with Crippen molar-refractivity contribution in [3.05, 3.63) is 51.1 Å². The molecule has 0 saturated carbocycles. The van der Waals surface area contributed by atoms with Crippen LogP contribution in [0.1, 0.15) is 29.2 Å². The number of pyridine rings is 1. The van der Waals surface area contributed by atoms with E-state index in [4.69, 9.17) is 0 Å². The molecule has 0 aromatic carbocycles. The second kappa shape index (κ2) is 6.45. The Hall–Kier alpha value is -2.28. The van der Waals surface area contributed by atoms with Crippen LogP contribution < -0.4 is 4.90 Å². The van der Waals surface area contributed by atoms with Crippen LogP contribution >= 0.6 is 11.3 Å². The van der Waals surface area contributed by atoms with Crippen molar-refractivity contribution in [3.63, 3.8) is 0 Å². The van der Waals surface area contributed by atoms with Crippen LogP contribution in [0.4, 0.5) is 10.7 Å². The number of carbonyl (C=O) groups is 1. The fraction of sp³-hybridized carbons (Fsp3) is 0.286. The number of thiophene rings is 1. The summed E-state index contributed by atoms with van der Waals surface area (Å²) in [6.07, 6.45) is 1.69.